The molecule has 0 aliphatic rings. The Morgan fingerprint density at radius 3 is 2.82 bits per heavy atom. The first-order valence-corrected chi connectivity index (χ1v) is 4.50. The van der Waals surface area contributed by atoms with Gasteiger partial charge in [-0.05, 0) is 17.5 Å². The first-order chi connectivity index (χ1) is 5.47. The molecular formula is C8H10N2S. The average Bonchev–Trinajstić information content (AvgIpc) is 2.55. The van der Waals surface area contributed by atoms with Gasteiger partial charge >= 0.3 is 0 Å². The van der Waals surface area contributed by atoms with E-state index in [-0.39, 0.29) is 0 Å². The second-order valence-corrected chi connectivity index (χ2v) is 2.65. The van der Waals surface area contributed by atoms with Crippen LogP contribution in [0.3, 0.4) is 0 Å². The standard InChI is InChI=1S/C6H4N2S.C2H6/c1-3-7-8-5-2-4-9-6(1)5;1-2/h1-4H;1-2H3. The van der Waals surface area contributed by atoms with Crippen LogP contribution in [0.25, 0.3) is 10.2 Å². The van der Waals surface area contributed by atoms with Gasteiger partial charge in [0.15, 0.2) is 0 Å². The number of thiophene rings is 1. The van der Waals surface area contributed by atoms with Crippen LogP contribution in [0.15, 0.2) is 23.7 Å². The summed E-state index contributed by atoms with van der Waals surface area (Å²) in [6.07, 6.45) is 1.71. The predicted octanol–water partition coefficient (Wildman–Crippen LogP) is 2.72. The monoisotopic (exact) mass is 166 g/mol. The molecule has 0 bridgehead atoms. The average molecular weight is 166 g/mol. The summed E-state index contributed by atoms with van der Waals surface area (Å²) in [7, 11) is 0. The topological polar surface area (TPSA) is 25.8 Å². The lowest BCUT2D eigenvalue weighted by molar-refractivity contribution is 1.08. The van der Waals surface area contributed by atoms with E-state index < -0.39 is 0 Å². The molecular weight excluding hydrogens is 156 g/mol. The van der Waals surface area contributed by atoms with E-state index in [4.69, 9.17) is 0 Å². The highest BCUT2D eigenvalue weighted by Gasteiger charge is 1.90. The third-order valence-electron chi connectivity index (χ3n) is 1.13. The lowest BCUT2D eigenvalue weighted by Gasteiger charge is -1.80. The van der Waals surface area contributed by atoms with Crippen LogP contribution in [0, 0.1) is 0 Å². The molecule has 11 heavy (non-hydrogen) atoms. The Morgan fingerprint density at radius 1 is 1.27 bits per heavy atom. The molecule has 2 aromatic heterocycles. The summed E-state index contributed by atoms with van der Waals surface area (Å²) in [4.78, 5) is 0. The fraction of sp³-hybridized carbons (Fsp3) is 0.250. The Labute approximate surface area is 69.9 Å². The van der Waals surface area contributed by atoms with Gasteiger partial charge in [0, 0.05) is 0 Å². The molecule has 0 unspecified atom stereocenters. The van der Waals surface area contributed by atoms with Crippen LogP contribution >= 0.6 is 11.3 Å². The van der Waals surface area contributed by atoms with E-state index in [2.05, 4.69) is 10.2 Å². The lowest BCUT2D eigenvalue weighted by Crippen LogP contribution is -1.74. The van der Waals surface area contributed by atoms with Crippen molar-refractivity contribution in [3.05, 3.63) is 23.7 Å². The summed E-state index contributed by atoms with van der Waals surface area (Å²) < 4.78 is 1.20. The second-order valence-electron chi connectivity index (χ2n) is 1.70. The molecule has 0 amide bonds. The molecule has 0 aromatic carbocycles. The number of hydrogen-bond acceptors (Lipinski definition) is 3. The van der Waals surface area contributed by atoms with E-state index in [9.17, 15) is 0 Å². The number of aromatic nitrogens is 2. The van der Waals surface area contributed by atoms with Gasteiger partial charge < -0.3 is 0 Å². The van der Waals surface area contributed by atoms with Gasteiger partial charge in [-0.3, -0.25) is 0 Å². The lowest BCUT2D eigenvalue weighted by atomic mass is 10.5. The van der Waals surface area contributed by atoms with Crippen molar-refractivity contribution in [2.45, 2.75) is 13.8 Å². The molecule has 0 saturated heterocycles. The van der Waals surface area contributed by atoms with E-state index in [1.54, 1.807) is 17.5 Å². The molecule has 0 radical (unpaired) electrons. The molecule has 0 aliphatic heterocycles. The van der Waals surface area contributed by atoms with Gasteiger partial charge in [0.25, 0.3) is 0 Å². The minimum absolute atomic E-state index is 0.988. The second kappa shape index (κ2) is 4.03. The van der Waals surface area contributed by atoms with Gasteiger partial charge in [0.1, 0.15) is 5.52 Å². The number of fused-ring (bicyclic) bond motifs is 1. The summed E-state index contributed by atoms with van der Waals surface area (Å²) in [5.74, 6) is 0. The first-order valence-electron chi connectivity index (χ1n) is 3.62. The molecule has 0 fully saturated rings. The zero-order chi connectivity index (χ0) is 8.10. The molecule has 58 valence electrons. The smallest absolute Gasteiger partial charge is 0.104 e. The minimum Gasteiger partial charge on any atom is -0.158 e. The zero-order valence-corrected chi connectivity index (χ0v) is 7.43. The van der Waals surface area contributed by atoms with Gasteiger partial charge in [-0.1, -0.05) is 13.8 Å². The van der Waals surface area contributed by atoms with E-state index in [0.717, 1.165) is 5.52 Å². The Balaban J connectivity index is 0.000000281. The number of rotatable bonds is 0. The maximum absolute atomic E-state index is 3.90. The van der Waals surface area contributed by atoms with Crippen LogP contribution in [-0.2, 0) is 0 Å². The van der Waals surface area contributed by atoms with Crippen LogP contribution in [-0.4, -0.2) is 10.2 Å². The van der Waals surface area contributed by atoms with E-state index >= 15 is 0 Å². The maximum atomic E-state index is 3.90. The first kappa shape index (κ1) is 8.14. The Hall–Kier alpha value is -0.960. The minimum atomic E-state index is 0.988. The Bertz CT molecular complexity index is 286. The van der Waals surface area contributed by atoms with Crippen LogP contribution in [0.4, 0.5) is 0 Å². The molecule has 0 saturated carbocycles. The highest BCUT2D eigenvalue weighted by Crippen LogP contribution is 2.15. The van der Waals surface area contributed by atoms with E-state index in [0.29, 0.717) is 0 Å². The van der Waals surface area contributed by atoms with Crippen LogP contribution in [0.1, 0.15) is 13.8 Å². The summed E-state index contributed by atoms with van der Waals surface area (Å²) in [6, 6.07) is 3.93. The van der Waals surface area contributed by atoms with Crippen molar-refractivity contribution in [2.75, 3.05) is 0 Å². The van der Waals surface area contributed by atoms with Crippen LogP contribution in [0.2, 0.25) is 0 Å². The molecule has 2 aromatic rings. The molecule has 0 atom stereocenters. The van der Waals surface area contributed by atoms with Crippen molar-refractivity contribution >= 4 is 21.6 Å². The molecule has 0 aliphatic carbocycles. The summed E-state index contributed by atoms with van der Waals surface area (Å²) in [6.45, 7) is 4.00. The van der Waals surface area contributed by atoms with Gasteiger partial charge in [-0.2, -0.15) is 5.10 Å². The summed E-state index contributed by atoms with van der Waals surface area (Å²) >= 11 is 1.68. The molecule has 3 heteroatoms. The molecule has 2 rings (SSSR count). The molecule has 0 N–H and O–H groups in total. The molecule has 2 heterocycles. The number of hydrogen-bond donors (Lipinski definition) is 0. The van der Waals surface area contributed by atoms with Gasteiger partial charge in [0.2, 0.25) is 0 Å². The largest absolute Gasteiger partial charge is 0.158 e. The fourth-order valence-electron chi connectivity index (χ4n) is 0.718. The van der Waals surface area contributed by atoms with Crippen molar-refractivity contribution < 1.29 is 0 Å². The van der Waals surface area contributed by atoms with Gasteiger partial charge in [-0.15, -0.1) is 16.4 Å². The van der Waals surface area contributed by atoms with Crippen molar-refractivity contribution in [2.24, 2.45) is 0 Å². The highest BCUT2D eigenvalue weighted by atomic mass is 32.1. The Kier molecular flexibility index (Phi) is 2.98. The van der Waals surface area contributed by atoms with E-state index in [1.165, 1.54) is 4.70 Å². The van der Waals surface area contributed by atoms with Crippen LogP contribution < -0.4 is 0 Å². The maximum Gasteiger partial charge on any atom is 0.104 e. The van der Waals surface area contributed by atoms with Crippen molar-refractivity contribution in [3.63, 3.8) is 0 Å². The van der Waals surface area contributed by atoms with E-state index in [1.807, 2.05) is 31.4 Å². The normalized spacial score (nSPS) is 8.91. The quantitative estimate of drug-likeness (QED) is 0.601. The van der Waals surface area contributed by atoms with Crippen molar-refractivity contribution in [1.82, 2.24) is 10.2 Å². The van der Waals surface area contributed by atoms with Crippen molar-refractivity contribution in [3.8, 4) is 0 Å². The SMILES string of the molecule is CC.c1cc2sccc2nn1. The third kappa shape index (κ3) is 1.74. The van der Waals surface area contributed by atoms with Crippen molar-refractivity contribution in [1.29, 1.82) is 0 Å². The van der Waals surface area contributed by atoms with Gasteiger partial charge in [-0.25, -0.2) is 0 Å². The summed E-state index contributed by atoms with van der Waals surface area (Å²) in [5, 5.41) is 9.66. The van der Waals surface area contributed by atoms with Crippen LogP contribution in [0.5, 0.6) is 0 Å². The molecule has 2 nitrogen and oxygen atoms in total. The summed E-state index contributed by atoms with van der Waals surface area (Å²) in [5.41, 5.74) is 0.988. The highest BCUT2D eigenvalue weighted by molar-refractivity contribution is 7.17. The predicted molar refractivity (Wildman–Crippen MR) is 48.8 cm³/mol. The zero-order valence-electron chi connectivity index (χ0n) is 6.61. The van der Waals surface area contributed by atoms with Gasteiger partial charge in [0.05, 0.1) is 10.9 Å². The third-order valence-corrected chi connectivity index (χ3v) is 2.00. The molecule has 0 spiro atoms. The fourth-order valence-corrected chi connectivity index (χ4v) is 1.43. The number of nitrogens with zero attached hydrogens (tertiary/aromatic N) is 2. The Morgan fingerprint density at radius 2 is 2.09 bits per heavy atom.